The first kappa shape index (κ1) is 13.2. The van der Waals surface area contributed by atoms with Gasteiger partial charge < -0.3 is 21.3 Å². The first-order chi connectivity index (χ1) is 8.59. The van der Waals surface area contributed by atoms with Gasteiger partial charge in [-0.1, -0.05) is 0 Å². The van der Waals surface area contributed by atoms with Crippen molar-refractivity contribution in [2.24, 2.45) is 5.73 Å². The summed E-state index contributed by atoms with van der Waals surface area (Å²) in [5.74, 6) is 0.177. The fourth-order valence-electron chi connectivity index (χ4n) is 2.42. The van der Waals surface area contributed by atoms with Gasteiger partial charge in [0.15, 0.2) is 0 Å². The van der Waals surface area contributed by atoms with Crippen molar-refractivity contribution in [2.75, 3.05) is 31.9 Å². The van der Waals surface area contributed by atoms with E-state index in [-0.39, 0.29) is 17.5 Å². The Morgan fingerprint density at radius 3 is 2.94 bits per heavy atom. The molecule has 1 unspecified atom stereocenters. The second-order valence-corrected chi connectivity index (χ2v) is 4.95. The van der Waals surface area contributed by atoms with E-state index in [0.717, 1.165) is 0 Å². The van der Waals surface area contributed by atoms with Gasteiger partial charge in [-0.2, -0.15) is 12.6 Å². The molecule has 0 radical (unpaired) electrons. The Balaban J connectivity index is 2.09. The summed E-state index contributed by atoms with van der Waals surface area (Å²) in [6.07, 6.45) is 2.28. The molecule has 0 aliphatic carbocycles. The quantitative estimate of drug-likeness (QED) is 0.361. The molecule has 2 aliphatic rings. The minimum Gasteiger partial charge on any atom is -0.395 e. The number of amides is 2. The summed E-state index contributed by atoms with van der Waals surface area (Å²) in [7, 11) is 0. The average Bonchev–Trinajstić information content (AvgIpc) is 2.70. The number of piperazine rings is 1. The molecule has 2 saturated heterocycles. The van der Waals surface area contributed by atoms with Crippen LogP contribution in [0.25, 0.3) is 0 Å². The van der Waals surface area contributed by atoms with E-state index in [1.807, 2.05) is 0 Å². The maximum absolute atomic E-state index is 12.1. The highest BCUT2D eigenvalue weighted by molar-refractivity contribution is 7.80. The van der Waals surface area contributed by atoms with Gasteiger partial charge in [-0.05, 0) is 12.5 Å². The molecule has 0 aromatic rings. The van der Waals surface area contributed by atoms with E-state index in [2.05, 4.69) is 23.3 Å². The van der Waals surface area contributed by atoms with E-state index >= 15 is 0 Å². The van der Waals surface area contributed by atoms with E-state index in [9.17, 15) is 9.59 Å². The highest BCUT2D eigenvalue weighted by Gasteiger charge is 2.46. The van der Waals surface area contributed by atoms with E-state index in [0.29, 0.717) is 38.4 Å². The molecular weight excluding hydrogens is 252 g/mol. The number of carbonyl (C=O) groups excluding carboxylic acids is 2. The van der Waals surface area contributed by atoms with Gasteiger partial charge >= 0.3 is 0 Å². The standard InChI is InChI=1S/C11H18N4O2S/c12-8(1-6-18)9(16)15-5-4-14-11(7-15)2-3-13-10(11)17/h1,14,18H,2-7,12H2,(H,13,17). The van der Waals surface area contributed by atoms with Crippen molar-refractivity contribution in [2.45, 2.75) is 12.0 Å². The Hall–Kier alpha value is -1.21. The minimum absolute atomic E-state index is 0.0308. The third-order valence-corrected chi connectivity index (χ3v) is 3.61. The largest absolute Gasteiger partial charge is 0.395 e. The van der Waals surface area contributed by atoms with E-state index in [1.165, 1.54) is 0 Å². The Labute approximate surface area is 111 Å². The van der Waals surface area contributed by atoms with Gasteiger partial charge in [-0.25, -0.2) is 0 Å². The summed E-state index contributed by atoms with van der Waals surface area (Å²) in [5, 5.41) is 6.02. The highest BCUT2D eigenvalue weighted by atomic mass is 32.1. The van der Waals surface area contributed by atoms with Gasteiger partial charge in [0.05, 0.1) is 5.70 Å². The molecule has 2 amide bonds. The Kier molecular flexibility index (Phi) is 3.82. The lowest BCUT2D eigenvalue weighted by Gasteiger charge is -2.39. The lowest BCUT2D eigenvalue weighted by Crippen LogP contribution is -2.65. The van der Waals surface area contributed by atoms with Gasteiger partial charge in [0.1, 0.15) is 5.54 Å². The third kappa shape index (κ3) is 2.32. The van der Waals surface area contributed by atoms with Crippen LogP contribution in [0.1, 0.15) is 6.42 Å². The van der Waals surface area contributed by atoms with Gasteiger partial charge in [-0.15, -0.1) is 0 Å². The Morgan fingerprint density at radius 2 is 2.33 bits per heavy atom. The zero-order chi connectivity index (χ0) is 13.2. The maximum atomic E-state index is 12.1. The molecule has 2 rings (SSSR count). The molecule has 0 bridgehead atoms. The second kappa shape index (κ2) is 5.19. The molecular formula is C11H18N4O2S. The molecule has 18 heavy (non-hydrogen) atoms. The molecule has 2 fully saturated rings. The normalized spacial score (nSPS) is 28.6. The van der Waals surface area contributed by atoms with Crippen molar-refractivity contribution in [3.8, 4) is 0 Å². The number of carbonyl (C=O) groups is 2. The molecule has 0 aromatic carbocycles. The van der Waals surface area contributed by atoms with Crippen LogP contribution in [0.4, 0.5) is 0 Å². The molecule has 6 nitrogen and oxygen atoms in total. The summed E-state index contributed by atoms with van der Waals surface area (Å²) >= 11 is 4.01. The Morgan fingerprint density at radius 1 is 1.56 bits per heavy atom. The second-order valence-electron chi connectivity index (χ2n) is 4.58. The van der Waals surface area contributed by atoms with Gasteiger partial charge in [0, 0.05) is 31.9 Å². The number of hydrogen-bond donors (Lipinski definition) is 4. The predicted molar refractivity (Wildman–Crippen MR) is 71.1 cm³/mol. The molecule has 7 heteroatoms. The average molecular weight is 270 g/mol. The van der Waals surface area contributed by atoms with Gasteiger partial charge in [0.25, 0.3) is 5.91 Å². The van der Waals surface area contributed by atoms with Crippen molar-refractivity contribution in [1.29, 1.82) is 0 Å². The van der Waals surface area contributed by atoms with Crippen LogP contribution in [0.3, 0.4) is 0 Å². The number of nitrogens with zero attached hydrogens (tertiary/aromatic N) is 1. The molecule has 1 spiro atoms. The van der Waals surface area contributed by atoms with Gasteiger partial charge in [0.2, 0.25) is 5.91 Å². The number of rotatable bonds is 2. The first-order valence-electron chi connectivity index (χ1n) is 5.98. The smallest absolute Gasteiger partial charge is 0.269 e. The third-order valence-electron chi connectivity index (χ3n) is 3.42. The summed E-state index contributed by atoms with van der Waals surface area (Å²) < 4.78 is 0. The van der Waals surface area contributed by atoms with Crippen LogP contribution in [0.15, 0.2) is 11.8 Å². The molecule has 0 aromatic heterocycles. The number of nitrogens with two attached hydrogens (primary N) is 1. The van der Waals surface area contributed by atoms with E-state index in [1.54, 1.807) is 11.0 Å². The van der Waals surface area contributed by atoms with Crippen LogP contribution in [-0.4, -0.2) is 54.2 Å². The molecule has 1 atom stereocenters. The summed E-state index contributed by atoms with van der Waals surface area (Å²) in [4.78, 5) is 25.6. The number of hydrogen-bond acceptors (Lipinski definition) is 5. The van der Waals surface area contributed by atoms with Crippen LogP contribution in [0.5, 0.6) is 0 Å². The van der Waals surface area contributed by atoms with Gasteiger partial charge in [-0.3, -0.25) is 9.59 Å². The van der Waals surface area contributed by atoms with Crippen LogP contribution in [0, 0.1) is 0 Å². The van der Waals surface area contributed by atoms with E-state index < -0.39 is 5.54 Å². The molecule has 4 N–H and O–H groups in total. The lowest BCUT2D eigenvalue weighted by molar-refractivity contribution is -0.133. The van der Waals surface area contributed by atoms with Crippen molar-refractivity contribution < 1.29 is 9.59 Å². The van der Waals surface area contributed by atoms with Crippen LogP contribution in [0.2, 0.25) is 0 Å². The van der Waals surface area contributed by atoms with Crippen molar-refractivity contribution in [3.05, 3.63) is 11.8 Å². The molecule has 2 aliphatic heterocycles. The lowest BCUT2D eigenvalue weighted by atomic mass is 9.94. The SMILES string of the molecule is NC(=CCS)C(=O)N1CCNC2(CCNC2=O)C1. The molecule has 2 heterocycles. The zero-order valence-electron chi connectivity index (χ0n) is 10.1. The van der Waals surface area contributed by atoms with Crippen LogP contribution < -0.4 is 16.4 Å². The highest BCUT2D eigenvalue weighted by Crippen LogP contribution is 2.21. The van der Waals surface area contributed by atoms with Crippen LogP contribution >= 0.6 is 12.6 Å². The molecule has 100 valence electrons. The minimum atomic E-state index is -0.630. The molecule has 0 saturated carbocycles. The van der Waals surface area contributed by atoms with E-state index in [4.69, 9.17) is 5.73 Å². The Bertz CT molecular complexity index is 399. The fraction of sp³-hybridized carbons (Fsp3) is 0.636. The zero-order valence-corrected chi connectivity index (χ0v) is 11.0. The fourth-order valence-corrected chi connectivity index (χ4v) is 2.62. The number of nitrogens with one attached hydrogen (secondary N) is 2. The van der Waals surface area contributed by atoms with Crippen molar-refractivity contribution in [1.82, 2.24) is 15.5 Å². The number of thiol groups is 1. The summed E-state index contributed by atoms with van der Waals surface area (Å²) in [6, 6.07) is 0. The summed E-state index contributed by atoms with van der Waals surface area (Å²) in [5.41, 5.74) is 5.25. The van der Waals surface area contributed by atoms with Crippen molar-refractivity contribution in [3.63, 3.8) is 0 Å². The predicted octanol–water partition coefficient (Wildman–Crippen LogP) is -1.55. The maximum Gasteiger partial charge on any atom is 0.269 e. The summed E-state index contributed by atoms with van der Waals surface area (Å²) in [6.45, 7) is 2.19. The monoisotopic (exact) mass is 270 g/mol. The topological polar surface area (TPSA) is 87.5 Å². The van der Waals surface area contributed by atoms with Crippen molar-refractivity contribution >= 4 is 24.4 Å². The van der Waals surface area contributed by atoms with Crippen LogP contribution in [-0.2, 0) is 9.59 Å². The first-order valence-corrected chi connectivity index (χ1v) is 6.61.